The van der Waals surface area contributed by atoms with Gasteiger partial charge in [0, 0.05) is 6.54 Å². The van der Waals surface area contributed by atoms with E-state index in [2.05, 4.69) is 10.6 Å². The normalized spacial score (nSPS) is 23.1. The molecule has 1 amide bonds. The van der Waals surface area contributed by atoms with E-state index in [9.17, 15) is 18.0 Å². The Hall–Kier alpha value is -1.56. The Bertz CT molecular complexity index is 479. The van der Waals surface area contributed by atoms with E-state index in [0.717, 1.165) is 12.1 Å². The highest BCUT2D eigenvalue weighted by Gasteiger charge is 2.30. The molecule has 1 aromatic carbocycles. The third-order valence-corrected chi connectivity index (χ3v) is 3.15. The molecule has 1 aliphatic heterocycles. The smallest absolute Gasteiger partial charge is 0.229 e. The Balaban J connectivity index is 2.14. The number of anilines is 1. The summed E-state index contributed by atoms with van der Waals surface area (Å²) in [6.07, 6.45) is 0. The van der Waals surface area contributed by atoms with E-state index in [-0.39, 0.29) is 17.5 Å². The zero-order chi connectivity index (χ0) is 13.3. The van der Waals surface area contributed by atoms with E-state index in [0.29, 0.717) is 13.1 Å². The second kappa shape index (κ2) is 4.97. The molecule has 98 valence electrons. The van der Waals surface area contributed by atoms with Gasteiger partial charge in [0.1, 0.15) is 0 Å². The Morgan fingerprint density at radius 1 is 1.28 bits per heavy atom. The summed E-state index contributed by atoms with van der Waals surface area (Å²) in [6, 6.07) is 1.79. The van der Waals surface area contributed by atoms with E-state index >= 15 is 0 Å². The highest BCUT2D eigenvalue weighted by Crippen LogP contribution is 2.22. The van der Waals surface area contributed by atoms with E-state index in [4.69, 9.17) is 0 Å². The lowest BCUT2D eigenvalue weighted by Crippen LogP contribution is -2.28. The molecule has 1 fully saturated rings. The SMILES string of the molecule is CC1CNCC1C(=O)Nc1ccc(F)c(F)c1F. The average Bonchev–Trinajstić information content (AvgIpc) is 2.76. The van der Waals surface area contributed by atoms with Crippen LogP contribution in [0.25, 0.3) is 0 Å². The van der Waals surface area contributed by atoms with Crippen LogP contribution in [0.4, 0.5) is 18.9 Å². The summed E-state index contributed by atoms with van der Waals surface area (Å²) in [5.74, 6) is -4.79. The number of carbonyl (C=O) groups is 1. The lowest BCUT2D eigenvalue weighted by molar-refractivity contribution is -0.120. The molecule has 18 heavy (non-hydrogen) atoms. The van der Waals surface area contributed by atoms with Crippen LogP contribution in [0, 0.1) is 29.3 Å². The van der Waals surface area contributed by atoms with Gasteiger partial charge in [0.05, 0.1) is 11.6 Å². The van der Waals surface area contributed by atoms with Crippen molar-refractivity contribution in [3.63, 3.8) is 0 Å². The van der Waals surface area contributed by atoms with Gasteiger partial charge in [0.15, 0.2) is 17.5 Å². The molecule has 1 heterocycles. The zero-order valence-corrected chi connectivity index (χ0v) is 9.77. The van der Waals surface area contributed by atoms with Crippen LogP contribution in [0.1, 0.15) is 6.92 Å². The first kappa shape index (κ1) is 12.9. The number of halogens is 3. The lowest BCUT2D eigenvalue weighted by Gasteiger charge is -2.14. The molecule has 0 spiro atoms. The molecule has 0 radical (unpaired) electrons. The highest BCUT2D eigenvalue weighted by atomic mass is 19.2. The minimum Gasteiger partial charge on any atom is -0.323 e. The van der Waals surface area contributed by atoms with Gasteiger partial charge in [-0.2, -0.15) is 0 Å². The molecule has 0 aliphatic carbocycles. The Kier molecular flexibility index (Phi) is 3.56. The predicted molar refractivity (Wildman–Crippen MR) is 60.5 cm³/mol. The number of rotatable bonds is 2. The first-order valence-electron chi connectivity index (χ1n) is 5.65. The quantitative estimate of drug-likeness (QED) is 0.795. The van der Waals surface area contributed by atoms with Gasteiger partial charge >= 0.3 is 0 Å². The Morgan fingerprint density at radius 3 is 2.61 bits per heavy atom. The van der Waals surface area contributed by atoms with Crippen LogP contribution < -0.4 is 10.6 Å². The molecule has 1 aliphatic rings. The van der Waals surface area contributed by atoms with E-state index in [1.165, 1.54) is 0 Å². The summed E-state index contributed by atoms with van der Waals surface area (Å²) in [5.41, 5.74) is -0.335. The van der Waals surface area contributed by atoms with Crippen molar-refractivity contribution < 1.29 is 18.0 Å². The van der Waals surface area contributed by atoms with Crippen LogP contribution in [0.5, 0.6) is 0 Å². The molecule has 1 saturated heterocycles. The maximum atomic E-state index is 13.4. The topological polar surface area (TPSA) is 41.1 Å². The third-order valence-electron chi connectivity index (χ3n) is 3.15. The van der Waals surface area contributed by atoms with Crippen molar-refractivity contribution in [3.8, 4) is 0 Å². The van der Waals surface area contributed by atoms with Crippen molar-refractivity contribution in [2.75, 3.05) is 18.4 Å². The van der Waals surface area contributed by atoms with Gasteiger partial charge in [0.25, 0.3) is 0 Å². The maximum Gasteiger partial charge on any atom is 0.229 e. The molecule has 6 heteroatoms. The monoisotopic (exact) mass is 258 g/mol. The molecule has 2 atom stereocenters. The van der Waals surface area contributed by atoms with Crippen LogP contribution in [0.3, 0.4) is 0 Å². The standard InChI is InChI=1S/C12H13F3N2O/c1-6-4-16-5-7(6)12(18)17-9-3-2-8(13)10(14)11(9)15/h2-3,6-7,16H,4-5H2,1H3,(H,17,18). The molecule has 2 unspecified atom stereocenters. The summed E-state index contributed by atoms with van der Waals surface area (Å²) in [4.78, 5) is 11.8. The van der Waals surface area contributed by atoms with E-state index < -0.39 is 23.4 Å². The molecule has 1 aromatic rings. The fourth-order valence-corrected chi connectivity index (χ4v) is 2.01. The highest BCUT2D eigenvalue weighted by molar-refractivity contribution is 5.93. The van der Waals surface area contributed by atoms with Gasteiger partial charge in [-0.3, -0.25) is 4.79 Å². The summed E-state index contributed by atoms with van der Waals surface area (Å²) < 4.78 is 39.1. The largest absolute Gasteiger partial charge is 0.323 e. The molecule has 0 saturated carbocycles. The number of nitrogens with one attached hydrogen (secondary N) is 2. The minimum absolute atomic E-state index is 0.123. The number of hydrogen-bond donors (Lipinski definition) is 2. The molecule has 3 nitrogen and oxygen atoms in total. The maximum absolute atomic E-state index is 13.4. The minimum atomic E-state index is -1.58. The van der Waals surface area contributed by atoms with Crippen molar-refractivity contribution in [3.05, 3.63) is 29.6 Å². The molecular weight excluding hydrogens is 245 g/mol. The van der Waals surface area contributed by atoms with Gasteiger partial charge in [-0.05, 0) is 24.6 Å². The Labute approximate surface area is 102 Å². The second-order valence-electron chi connectivity index (χ2n) is 4.45. The average molecular weight is 258 g/mol. The van der Waals surface area contributed by atoms with Crippen LogP contribution in [-0.2, 0) is 4.79 Å². The van der Waals surface area contributed by atoms with E-state index in [1.54, 1.807) is 0 Å². The summed E-state index contributed by atoms with van der Waals surface area (Å²) >= 11 is 0. The van der Waals surface area contributed by atoms with Crippen molar-refractivity contribution in [1.82, 2.24) is 5.32 Å². The summed E-state index contributed by atoms with van der Waals surface area (Å²) in [6.45, 7) is 3.10. The zero-order valence-electron chi connectivity index (χ0n) is 9.77. The van der Waals surface area contributed by atoms with Gasteiger partial charge < -0.3 is 10.6 Å². The number of hydrogen-bond acceptors (Lipinski definition) is 2. The van der Waals surface area contributed by atoms with Gasteiger partial charge in [-0.25, -0.2) is 13.2 Å². The summed E-state index contributed by atoms with van der Waals surface area (Å²) in [7, 11) is 0. The summed E-state index contributed by atoms with van der Waals surface area (Å²) in [5, 5.41) is 5.33. The first-order valence-corrected chi connectivity index (χ1v) is 5.65. The molecule has 2 rings (SSSR count). The number of carbonyl (C=O) groups excluding carboxylic acids is 1. The molecule has 0 bridgehead atoms. The van der Waals surface area contributed by atoms with Crippen molar-refractivity contribution in [1.29, 1.82) is 0 Å². The third kappa shape index (κ3) is 2.33. The second-order valence-corrected chi connectivity index (χ2v) is 4.45. The van der Waals surface area contributed by atoms with Crippen LogP contribution in [-0.4, -0.2) is 19.0 Å². The van der Waals surface area contributed by atoms with Crippen LogP contribution in [0.15, 0.2) is 12.1 Å². The molecular formula is C12H13F3N2O. The van der Waals surface area contributed by atoms with Gasteiger partial charge in [-0.15, -0.1) is 0 Å². The number of benzene rings is 1. The first-order chi connectivity index (χ1) is 8.50. The van der Waals surface area contributed by atoms with Gasteiger partial charge in [-0.1, -0.05) is 6.92 Å². The van der Waals surface area contributed by atoms with Crippen molar-refractivity contribution in [2.45, 2.75) is 6.92 Å². The fraction of sp³-hybridized carbons (Fsp3) is 0.417. The fourth-order valence-electron chi connectivity index (χ4n) is 2.01. The van der Waals surface area contributed by atoms with Crippen LogP contribution in [0.2, 0.25) is 0 Å². The van der Waals surface area contributed by atoms with E-state index in [1.807, 2.05) is 6.92 Å². The predicted octanol–water partition coefficient (Wildman–Crippen LogP) is 1.90. The van der Waals surface area contributed by atoms with Gasteiger partial charge in [0.2, 0.25) is 5.91 Å². The van der Waals surface area contributed by atoms with Crippen molar-refractivity contribution in [2.24, 2.45) is 11.8 Å². The molecule has 2 N–H and O–H groups in total. The van der Waals surface area contributed by atoms with Crippen LogP contribution >= 0.6 is 0 Å². The Morgan fingerprint density at radius 2 is 2.00 bits per heavy atom. The number of amides is 1. The lowest BCUT2D eigenvalue weighted by atomic mass is 9.97. The molecule has 0 aromatic heterocycles. The van der Waals surface area contributed by atoms with Crippen molar-refractivity contribution >= 4 is 11.6 Å².